The molecule has 0 saturated carbocycles. The average molecular weight is 139 g/mol. The first-order valence-corrected chi connectivity index (χ1v) is 4.40. The van der Waals surface area contributed by atoms with Crippen LogP contribution in [0.1, 0.15) is 33.6 Å². The standard InChI is InChI=1S/C9H17N/c1-7-9(2,3)8-5-4-6-10(7)8/h7-8H,4-6H2,1-3H3. The molecule has 2 aliphatic heterocycles. The second-order valence-electron chi connectivity index (χ2n) is 4.39. The van der Waals surface area contributed by atoms with Crippen LogP contribution in [0.15, 0.2) is 0 Å². The summed E-state index contributed by atoms with van der Waals surface area (Å²) in [4.78, 5) is 2.65. The van der Waals surface area contributed by atoms with Gasteiger partial charge in [0.1, 0.15) is 0 Å². The molecule has 2 unspecified atom stereocenters. The summed E-state index contributed by atoms with van der Waals surface area (Å²) in [5, 5.41) is 0. The number of fused-ring (bicyclic) bond motifs is 1. The van der Waals surface area contributed by atoms with Crippen LogP contribution in [0.3, 0.4) is 0 Å². The first-order valence-electron chi connectivity index (χ1n) is 4.40. The molecule has 10 heavy (non-hydrogen) atoms. The van der Waals surface area contributed by atoms with Crippen LogP contribution >= 0.6 is 0 Å². The highest BCUT2D eigenvalue weighted by Gasteiger charge is 2.53. The topological polar surface area (TPSA) is 3.24 Å². The highest BCUT2D eigenvalue weighted by Crippen LogP contribution is 2.48. The van der Waals surface area contributed by atoms with Gasteiger partial charge < -0.3 is 0 Å². The molecule has 2 atom stereocenters. The summed E-state index contributed by atoms with van der Waals surface area (Å²) in [5.41, 5.74) is 0.608. The molecule has 0 bridgehead atoms. The molecule has 0 N–H and O–H groups in total. The van der Waals surface area contributed by atoms with E-state index in [9.17, 15) is 0 Å². The van der Waals surface area contributed by atoms with E-state index in [1.165, 1.54) is 19.4 Å². The van der Waals surface area contributed by atoms with E-state index in [2.05, 4.69) is 25.7 Å². The third kappa shape index (κ3) is 0.572. The van der Waals surface area contributed by atoms with Gasteiger partial charge in [-0.15, -0.1) is 0 Å². The molecular formula is C9H17N. The Bertz CT molecular complexity index is 151. The van der Waals surface area contributed by atoms with Crippen LogP contribution in [0.4, 0.5) is 0 Å². The van der Waals surface area contributed by atoms with Crippen molar-refractivity contribution in [2.75, 3.05) is 6.54 Å². The Hall–Kier alpha value is -0.0400. The highest BCUT2D eigenvalue weighted by molar-refractivity contribution is 5.07. The van der Waals surface area contributed by atoms with Gasteiger partial charge in [-0.1, -0.05) is 13.8 Å². The first-order chi connectivity index (χ1) is 4.64. The number of hydrogen-bond acceptors (Lipinski definition) is 1. The van der Waals surface area contributed by atoms with Gasteiger partial charge in [0.25, 0.3) is 0 Å². The molecule has 1 heteroatoms. The predicted octanol–water partition coefficient (Wildman–Crippen LogP) is 1.88. The normalized spacial score (nSPS) is 44.7. The quantitative estimate of drug-likeness (QED) is 0.495. The number of nitrogens with zero attached hydrogens (tertiary/aromatic N) is 1. The van der Waals surface area contributed by atoms with E-state index in [1.54, 1.807) is 0 Å². The molecule has 2 fully saturated rings. The Morgan fingerprint density at radius 1 is 1.40 bits per heavy atom. The molecule has 2 aliphatic rings. The van der Waals surface area contributed by atoms with Crippen molar-refractivity contribution in [1.82, 2.24) is 4.90 Å². The summed E-state index contributed by atoms with van der Waals surface area (Å²) < 4.78 is 0. The minimum absolute atomic E-state index is 0.608. The summed E-state index contributed by atoms with van der Waals surface area (Å²) in [6.07, 6.45) is 2.87. The van der Waals surface area contributed by atoms with Crippen LogP contribution < -0.4 is 0 Å². The molecule has 0 spiro atoms. The van der Waals surface area contributed by atoms with Crippen molar-refractivity contribution in [3.05, 3.63) is 0 Å². The van der Waals surface area contributed by atoms with Crippen molar-refractivity contribution in [1.29, 1.82) is 0 Å². The fourth-order valence-corrected chi connectivity index (χ4v) is 2.68. The van der Waals surface area contributed by atoms with E-state index in [1.807, 2.05) is 0 Å². The van der Waals surface area contributed by atoms with Gasteiger partial charge in [-0.2, -0.15) is 0 Å². The predicted molar refractivity (Wildman–Crippen MR) is 43.0 cm³/mol. The summed E-state index contributed by atoms with van der Waals surface area (Å²) in [7, 11) is 0. The number of rotatable bonds is 0. The SMILES string of the molecule is CC1N2CCCC2C1(C)C. The molecule has 0 aromatic rings. The Balaban J connectivity index is 2.15. The molecule has 0 radical (unpaired) electrons. The van der Waals surface area contributed by atoms with Crippen molar-refractivity contribution >= 4 is 0 Å². The second-order valence-corrected chi connectivity index (χ2v) is 4.39. The van der Waals surface area contributed by atoms with Gasteiger partial charge in [-0.05, 0) is 31.7 Å². The van der Waals surface area contributed by atoms with Crippen LogP contribution in [0.25, 0.3) is 0 Å². The summed E-state index contributed by atoms with van der Waals surface area (Å²) >= 11 is 0. The Morgan fingerprint density at radius 3 is 2.70 bits per heavy atom. The molecule has 0 aromatic carbocycles. The second kappa shape index (κ2) is 1.76. The van der Waals surface area contributed by atoms with Crippen molar-refractivity contribution in [3.63, 3.8) is 0 Å². The van der Waals surface area contributed by atoms with Gasteiger partial charge in [0.2, 0.25) is 0 Å². The lowest BCUT2D eigenvalue weighted by molar-refractivity contribution is -0.0801. The van der Waals surface area contributed by atoms with Crippen molar-refractivity contribution in [3.8, 4) is 0 Å². The highest BCUT2D eigenvalue weighted by atomic mass is 15.3. The molecule has 2 saturated heterocycles. The molecule has 0 amide bonds. The van der Waals surface area contributed by atoms with Crippen LogP contribution in [-0.4, -0.2) is 23.5 Å². The summed E-state index contributed by atoms with van der Waals surface area (Å²) in [6.45, 7) is 8.53. The third-order valence-electron chi connectivity index (χ3n) is 3.73. The molecule has 58 valence electrons. The van der Waals surface area contributed by atoms with E-state index >= 15 is 0 Å². The van der Waals surface area contributed by atoms with E-state index in [0.29, 0.717) is 5.41 Å². The van der Waals surface area contributed by atoms with Crippen molar-refractivity contribution < 1.29 is 0 Å². The van der Waals surface area contributed by atoms with E-state index < -0.39 is 0 Å². The minimum atomic E-state index is 0.608. The zero-order chi connectivity index (χ0) is 7.35. The first kappa shape index (κ1) is 6.66. The van der Waals surface area contributed by atoms with E-state index in [-0.39, 0.29) is 0 Å². The maximum atomic E-state index is 2.65. The Labute approximate surface area is 63.4 Å². The van der Waals surface area contributed by atoms with Gasteiger partial charge in [-0.25, -0.2) is 0 Å². The fourth-order valence-electron chi connectivity index (χ4n) is 2.68. The Morgan fingerprint density at radius 2 is 2.10 bits per heavy atom. The van der Waals surface area contributed by atoms with Crippen LogP contribution in [0.5, 0.6) is 0 Å². The molecule has 0 aromatic heterocycles. The number of hydrogen-bond donors (Lipinski definition) is 0. The molecular weight excluding hydrogens is 122 g/mol. The lowest BCUT2D eigenvalue weighted by Crippen LogP contribution is -2.64. The van der Waals surface area contributed by atoms with Crippen LogP contribution in [0, 0.1) is 5.41 Å². The van der Waals surface area contributed by atoms with Crippen molar-refractivity contribution in [2.45, 2.75) is 45.7 Å². The smallest absolute Gasteiger partial charge is 0.0165 e. The van der Waals surface area contributed by atoms with Gasteiger partial charge >= 0.3 is 0 Å². The maximum absolute atomic E-state index is 2.65. The molecule has 2 rings (SSSR count). The average Bonchev–Trinajstić information content (AvgIpc) is 2.31. The zero-order valence-electron chi connectivity index (χ0n) is 7.22. The fraction of sp³-hybridized carbons (Fsp3) is 1.00. The lowest BCUT2D eigenvalue weighted by atomic mass is 9.69. The zero-order valence-corrected chi connectivity index (χ0v) is 7.22. The third-order valence-corrected chi connectivity index (χ3v) is 3.73. The molecule has 2 heterocycles. The lowest BCUT2D eigenvalue weighted by Gasteiger charge is -2.57. The van der Waals surface area contributed by atoms with Gasteiger partial charge in [0.05, 0.1) is 0 Å². The maximum Gasteiger partial charge on any atom is 0.0165 e. The van der Waals surface area contributed by atoms with Gasteiger partial charge in [0, 0.05) is 12.1 Å². The van der Waals surface area contributed by atoms with Crippen LogP contribution in [-0.2, 0) is 0 Å². The summed E-state index contributed by atoms with van der Waals surface area (Å²) in [5.74, 6) is 0. The van der Waals surface area contributed by atoms with Crippen LogP contribution in [0.2, 0.25) is 0 Å². The van der Waals surface area contributed by atoms with E-state index in [0.717, 1.165) is 12.1 Å². The van der Waals surface area contributed by atoms with Gasteiger partial charge in [-0.3, -0.25) is 4.90 Å². The monoisotopic (exact) mass is 139 g/mol. The van der Waals surface area contributed by atoms with Gasteiger partial charge in [0.15, 0.2) is 0 Å². The minimum Gasteiger partial charge on any atom is -0.297 e. The summed E-state index contributed by atoms with van der Waals surface area (Å²) in [6, 6.07) is 1.75. The molecule has 0 aliphatic carbocycles. The largest absolute Gasteiger partial charge is 0.297 e. The molecule has 1 nitrogen and oxygen atoms in total. The van der Waals surface area contributed by atoms with Crippen molar-refractivity contribution in [2.24, 2.45) is 5.41 Å². The van der Waals surface area contributed by atoms with E-state index in [4.69, 9.17) is 0 Å². The Kier molecular flexibility index (Phi) is 1.17.